The molecule has 0 aliphatic heterocycles. The van der Waals surface area contributed by atoms with Gasteiger partial charge in [-0.1, -0.05) is 35.9 Å². The largest absolute Gasteiger partial charge is 0.497 e. The van der Waals surface area contributed by atoms with Gasteiger partial charge in [0.2, 0.25) is 0 Å². The summed E-state index contributed by atoms with van der Waals surface area (Å²) < 4.78 is 5.31. The van der Waals surface area contributed by atoms with Gasteiger partial charge in [-0.2, -0.15) is 0 Å². The highest BCUT2D eigenvalue weighted by Crippen LogP contribution is 2.48. The summed E-state index contributed by atoms with van der Waals surface area (Å²) in [6, 6.07) is 15.5. The first-order chi connectivity index (χ1) is 11.1. The first-order valence-electron chi connectivity index (χ1n) is 8.53. The van der Waals surface area contributed by atoms with Crippen molar-refractivity contribution in [3.8, 4) is 5.75 Å². The molecule has 3 rings (SSSR count). The molecule has 0 heterocycles. The van der Waals surface area contributed by atoms with Gasteiger partial charge in [0, 0.05) is 6.04 Å². The van der Waals surface area contributed by atoms with Gasteiger partial charge in [-0.3, -0.25) is 0 Å². The van der Waals surface area contributed by atoms with Crippen molar-refractivity contribution in [2.24, 2.45) is 5.92 Å². The third-order valence-corrected chi connectivity index (χ3v) is 5.04. The van der Waals surface area contributed by atoms with Crippen LogP contribution in [-0.2, 0) is 0 Å². The van der Waals surface area contributed by atoms with Crippen LogP contribution in [-0.4, -0.2) is 13.7 Å². The fourth-order valence-corrected chi connectivity index (χ4v) is 3.37. The van der Waals surface area contributed by atoms with Crippen molar-refractivity contribution >= 4 is 0 Å². The number of methoxy groups -OCH3 is 1. The van der Waals surface area contributed by atoms with Crippen molar-refractivity contribution in [3.05, 3.63) is 64.7 Å². The average Bonchev–Trinajstić information content (AvgIpc) is 3.34. The first kappa shape index (κ1) is 16.1. The molecule has 0 radical (unpaired) electrons. The van der Waals surface area contributed by atoms with Crippen LogP contribution >= 0.6 is 0 Å². The Morgan fingerprint density at radius 3 is 2.78 bits per heavy atom. The molecule has 1 saturated carbocycles. The van der Waals surface area contributed by atoms with Crippen LogP contribution in [0.25, 0.3) is 0 Å². The summed E-state index contributed by atoms with van der Waals surface area (Å²) in [5.74, 6) is 2.43. The Morgan fingerprint density at radius 2 is 2.00 bits per heavy atom. The van der Waals surface area contributed by atoms with E-state index in [-0.39, 0.29) is 0 Å². The minimum atomic E-state index is 0.352. The van der Waals surface area contributed by atoms with Crippen LogP contribution in [0.5, 0.6) is 5.75 Å². The Morgan fingerprint density at radius 1 is 1.17 bits per heavy atom. The van der Waals surface area contributed by atoms with Gasteiger partial charge in [0.1, 0.15) is 5.75 Å². The van der Waals surface area contributed by atoms with E-state index < -0.39 is 0 Å². The molecule has 1 fully saturated rings. The molecule has 1 aliphatic rings. The molecule has 0 bridgehead atoms. The van der Waals surface area contributed by atoms with Crippen molar-refractivity contribution in [2.75, 3.05) is 13.7 Å². The molecule has 0 saturated heterocycles. The van der Waals surface area contributed by atoms with E-state index in [0.29, 0.717) is 6.04 Å². The Bertz CT molecular complexity index is 679. The number of hydrogen-bond acceptors (Lipinski definition) is 2. The Balaban J connectivity index is 1.56. The maximum absolute atomic E-state index is 5.31. The maximum atomic E-state index is 5.31. The number of rotatable bonds is 6. The number of hydrogen-bond donors (Lipinski definition) is 1. The SMILES string of the molecule is COc1cccc(C(C)NC[C@@H]2C[C@@H]2c2cc(C)ccc2C)c1. The zero-order chi connectivity index (χ0) is 16.4. The predicted octanol–water partition coefficient (Wildman–Crippen LogP) is 4.77. The van der Waals surface area contributed by atoms with Crippen molar-refractivity contribution in [1.29, 1.82) is 0 Å². The van der Waals surface area contributed by atoms with Crippen molar-refractivity contribution in [3.63, 3.8) is 0 Å². The number of nitrogens with one attached hydrogen (secondary N) is 1. The number of benzene rings is 2. The van der Waals surface area contributed by atoms with Gasteiger partial charge < -0.3 is 10.1 Å². The molecule has 0 amide bonds. The molecule has 0 spiro atoms. The van der Waals surface area contributed by atoms with E-state index in [1.807, 2.05) is 6.07 Å². The maximum Gasteiger partial charge on any atom is 0.119 e. The Labute approximate surface area is 139 Å². The molecule has 1 unspecified atom stereocenters. The number of aryl methyl sites for hydroxylation is 2. The molecular weight excluding hydrogens is 282 g/mol. The Kier molecular flexibility index (Phi) is 4.72. The standard InChI is InChI=1S/C21H27NO/c1-14-8-9-15(2)20(10-14)21-12-18(21)13-22-16(3)17-6-5-7-19(11-17)23-4/h5-11,16,18,21-22H,12-13H2,1-4H3/t16?,18-,21-/m0/s1. The van der Waals surface area contributed by atoms with Gasteiger partial charge in [0.25, 0.3) is 0 Å². The third-order valence-electron chi connectivity index (χ3n) is 5.04. The van der Waals surface area contributed by atoms with Gasteiger partial charge in [-0.25, -0.2) is 0 Å². The second-order valence-electron chi connectivity index (χ2n) is 6.87. The van der Waals surface area contributed by atoms with Crippen LogP contribution < -0.4 is 10.1 Å². The smallest absolute Gasteiger partial charge is 0.119 e. The fourth-order valence-electron chi connectivity index (χ4n) is 3.37. The Hall–Kier alpha value is -1.80. The highest BCUT2D eigenvalue weighted by atomic mass is 16.5. The van der Waals surface area contributed by atoms with E-state index in [4.69, 9.17) is 4.74 Å². The van der Waals surface area contributed by atoms with E-state index in [2.05, 4.69) is 62.5 Å². The highest BCUT2D eigenvalue weighted by Gasteiger charge is 2.38. The van der Waals surface area contributed by atoms with E-state index in [0.717, 1.165) is 24.1 Å². The van der Waals surface area contributed by atoms with Crippen LogP contribution in [0.3, 0.4) is 0 Å². The zero-order valence-electron chi connectivity index (χ0n) is 14.6. The van der Waals surface area contributed by atoms with Gasteiger partial charge in [-0.15, -0.1) is 0 Å². The molecule has 2 heteroatoms. The molecular formula is C21H27NO. The highest BCUT2D eigenvalue weighted by molar-refractivity contribution is 5.37. The second-order valence-corrected chi connectivity index (χ2v) is 6.87. The van der Waals surface area contributed by atoms with Crippen LogP contribution in [0, 0.1) is 19.8 Å². The van der Waals surface area contributed by atoms with E-state index in [1.54, 1.807) is 12.7 Å². The molecule has 2 nitrogen and oxygen atoms in total. The molecule has 3 atom stereocenters. The quantitative estimate of drug-likeness (QED) is 0.830. The normalized spacial score (nSPS) is 21.0. The van der Waals surface area contributed by atoms with E-state index >= 15 is 0 Å². The lowest BCUT2D eigenvalue weighted by Crippen LogP contribution is -2.21. The van der Waals surface area contributed by atoms with Gasteiger partial charge in [0.15, 0.2) is 0 Å². The molecule has 1 aliphatic carbocycles. The fraction of sp³-hybridized carbons (Fsp3) is 0.429. The second kappa shape index (κ2) is 6.76. The summed E-state index contributed by atoms with van der Waals surface area (Å²) in [4.78, 5) is 0. The first-order valence-corrected chi connectivity index (χ1v) is 8.53. The van der Waals surface area contributed by atoms with Crippen LogP contribution in [0.15, 0.2) is 42.5 Å². The molecule has 122 valence electrons. The summed E-state index contributed by atoms with van der Waals surface area (Å²) in [6.07, 6.45) is 1.31. The van der Waals surface area contributed by atoms with Crippen molar-refractivity contribution < 1.29 is 4.74 Å². The van der Waals surface area contributed by atoms with E-state index in [9.17, 15) is 0 Å². The zero-order valence-corrected chi connectivity index (χ0v) is 14.6. The van der Waals surface area contributed by atoms with Crippen molar-refractivity contribution in [1.82, 2.24) is 5.32 Å². The van der Waals surface area contributed by atoms with Gasteiger partial charge in [0.05, 0.1) is 7.11 Å². The summed E-state index contributed by atoms with van der Waals surface area (Å²) >= 11 is 0. The van der Waals surface area contributed by atoms with Gasteiger partial charge >= 0.3 is 0 Å². The summed E-state index contributed by atoms with van der Waals surface area (Å²) in [6.45, 7) is 7.72. The summed E-state index contributed by atoms with van der Waals surface area (Å²) in [5.41, 5.74) is 5.64. The average molecular weight is 309 g/mol. The lowest BCUT2D eigenvalue weighted by atomic mass is 10.0. The van der Waals surface area contributed by atoms with E-state index in [1.165, 1.54) is 23.1 Å². The lowest BCUT2D eigenvalue weighted by molar-refractivity contribution is 0.413. The van der Waals surface area contributed by atoms with Crippen LogP contribution in [0.1, 0.15) is 47.6 Å². The monoisotopic (exact) mass is 309 g/mol. The lowest BCUT2D eigenvalue weighted by Gasteiger charge is -2.15. The minimum absolute atomic E-state index is 0.352. The summed E-state index contributed by atoms with van der Waals surface area (Å²) in [5, 5.41) is 3.69. The van der Waals surface area contributed by atoms with Gasteiger partial charge in [-0.05, 0) is 74.4 Å². The minimum Gasteiger partial charge on any atom is -0.497 e. The number of ether oxygens (including phenoxy) is 1. The molecule has 0 aromatic heterocycles. The molecule has 2 aromatic carbocycles. The topological polar surface area (TPSA) is 21.3 Å². The molecule has 2 aromatic rings. The van der Waals surface area contributed by atoms with Crippen molar-refractivity contribution in [2.45, 2.75) is 39.2 Å². The third kappa shape index (κ3) is 3.76. The van der Waals surface area contributed by atoms with Crippen LogP contribution in [0.2, 0.25) is 0 Å². The summed E-state index contributed by atoms with van der Waals surface area (Å²) in [7, 11) is 1.72. The predicted molar refractivity (Wildman–Crippen MR) is 96.2 cm³/mol. The molecule has 1 N–H and O–H groups in total. The molecule has 23 heavy (non-hydrogen) atoms. The van der Waals surface area contributed by atoms with Crippen LogP contribution in [0.4, 0.5) is 0 Å².